The largest absolute Gasteiger partial charge is 0.311 e. The molecule has 134 valence electrons. The highest BCUT2D eigenvalue weighted by Gasteiger charge is 2.31. The lowest BCUT2D eigenvalue weighted by atomic mass is 9.92. The number of fused-ring (bicyclic) bond motifs is 1. The number of nitrogens with zero attached hydrogens (tertiary/aromatic N) is 2. The van der Waals surface area contributed by atoms with E-state index in [0.717, 1.165) is 18.6 Å². The average molecular weight is 345 g/mol. The van der Waals surface area contributed by atoms with Gasteiger partial charge < -0.3 is 5.32 Å². The Hall–Kier alpha value is -2.23. The zero-order chi connectivity index (χ0) is 18.1. The van der Waals surface area contributed by atoms with Crippen molar-refractivity contribution in [1.82, 2.24) is 15.2 Å². The van der Waals surface area contributed by atoms with Crippen LogP contribution in [0.3, 0.4) is 0 Å². The van der Waals surface area contributed by atoms with E-state index in [1.54, 1.807) is 0 Å². The van der Waals surface area contributed by atoms with E-state index >= 15 is 0 Å². The van der Waals surface area contributed by atoms with Crippen LogP contribution in [0.5, 0.6) is 0 Å². The van der Waals surface area contributed by atoms with Crippen molar-refractivity contribution in [2.75, 3.05) is 13.1 Å². The summed E-state index contributed by atoms with van der Waals surface area (Å²) < 4.78 is 0. The van der Waals surface area contributed by atoms with E-state index in [-0.39, 0.29) is 6.04 Å². The smallest absolute Gasteiger partial charge is 0.0702 e. The first kappa shape index (κ1) is 17.2. The number of pyridine rings is 1. The van der Waals surface area contributed by atoms with Crippen LogP contribution >= 0.6 is 0 Å². The Kier molecular flexibility index (Phi) is 4.75. The molecule has 2 heterocycles. The van der Waals surface area contributed by atoms with Gasteiger partial charge in [0, 0.05) is 36.8 Å². The second-order valence-electron chi connectivity index (χ2n) is 7.63. The van der Waals surface area contributed by atoms with Gasteiger partial charge in [0.1, 0.15) is 0 Å². The van der Waals surface area contributed by atoms with Gasteiger partial charge in [0.25, 0.3) is 0 Å². The maximum Gasteiger partial charge on any atom is 0.0702 e. The molecule has 1 aliphatic heterocycles. The molecule has 3 atom stereocenters. The summed E-state index contributed by atoms with van der Waals surface area (Å²) in [5.41, 5.74) is 5.08. The number of aryl methyl sites for hydroxylation is 1. The van der Waals surface area contributed by atoms with Crippen LogP contribution in [0.25, 0.3) is 10.9 Å². The Labute approximate surface area is 156 Å². The van der Waals surface area contributed by atoms with Gasteiger partial charge in [0.05, 0.1) is 11.6 Å². The molecule has 0 amide bonds. The second-order valence-corrected chi connectivity index (χ2v) is 7.63. The third-order valence-corrected chi connectivity index (χ3v) is 5.44. The lowest BCUT2D eigenvalue weighted by Crippen LogP contribution is -2.55. The molecule has 0 radical (unpaired) electrons. The van der Waals surface area contributed by atoms with Crippen molar-refractivity contribution in [2.45, 2.75) is 38.9 Å². The SMILES string of the molecule is Cc1cccc(C(c2ccc3ncccc3c2)N2C[C@@H](C)NC[C@@H]2C)c1. The fourth-order valence-electron chi connectivity index (χ4n) is 4.09. The molecule has 1 saturated heterocycles. The van der Waals surface area contributed by atoms with Gasteiger partial charge in [-0.3, -0.25) is 9.88 Å². The molecule has 26 heavy (non-hydrogen) atoms. The number of rotatable bonds is 3. The molecular formula is C23H27N3. The molecule has 1 fully saturated rings. The minimum absolute atomic E-state index is 0.263. The first-order chi connectivity index (χ1) is 12.6. The van der Waals surface area contributed by atoms with Gasteiger partial charge in [-0.15, -0.1) is 0 Å². The van der Waals surface area contributed by atoms with Crippen molar-refractivity contribution in [1.29, 1.82) is 0 Å². The minimum Gasteiger partial charge on any atom is -0.311 e. The predicted octanol–water partition coefficient (Wildman–Crippen LogP) is 4.31. The number of hydrogen-bond donors (Lipinski definition) is 1. The Morgan fingerprint density at radius 2 is 1.88 bits per heavy atom. The molecule has 4 rings (SSSR count). The molecule has 3 nitrogen and oxygen atoms in total. The normalized spacial score (nSPS) is 22.4. The summed E-state index contributed by atoms with van der Waals surface area (Å²) in [7, 11) is 0. The first-order valence-electron chi connectivity index (χ1n) is 9.52. The van der Waals surface area contributed by atoms with Crippen molar-refractivity contribution >= 4 is 10.9 Å². The van der Waals surface area contributed by atoms with Crippen molar-refractivity contribution in [3.05, 3.63) is 77.5 Å². The Balaban J connectivity index is 1.83. The Morgan fingerprint density at radius 1 is 1.04 bits per heavy atom. The summed E-state index contributed by atoms with van der Waals surface area (Å²) in [6.45, 7) is 8.85. The number of piperazine rings is 1. The molecule has 3 heteroatoms. The molecule has 3 aromatic rings. The van der Waals surface area contributed by atoms with E-state index < -0.39 is 0 Å². The summed E-state index contributed by atoms with van der Waals surface area (Å²) in [4.78, 5) is 7.13. The van der Waals surface area contributed by atoms with E-state index in [9.17, 15) is 0 Å². The molecule has 1 aromatic heterocycles. The quantitative estimate of drug-likeness (QED) is 0.766. The molecule has 0 spiro atoms. The van der Waals surface area contributed by atoms with E-state index in [4.69, 9.17) is 0 Å². The predicted molar refractivity (Wildman–Crippen MR) is 108 cm³/mol. The van der Waals surface area contributed by atoms with Crippen LogP contribution in [0.15, 0.2) is 60.8 Å². The lowest BCUT2D eigenvalue weighted by molar-refractivity contribution is 0.113. The fraction of sp³-hybridized carbons (Fsp3) is 0.348. The zero-order valence-electron chi connectivity index (χ0n) is 15.8. The third kappa shape index (κ3) is 3.37. The molecule has 1 unspecified atom stereocenters. The van der Waals surface area contributed by atoms with Gasteiger partial charge in [-0.05, 0) is 50.1 Å². The van der Waals surface area contributed by atoms with Gasteiger partial charge in [-0.25, -0.2) is 0 Å². The van der Waals surface area contributed by atoms with Crippen LogP contribution in [-0.4, -0.2) is 35.1 Å². The monoisotopic (exact) mass is 345 g/mol. The highest BCUT2D eigenvalue weighted by molar-refractivity contribution is 5.79. The summed E-state index contributed by atoms with van der Waals surface area (Å²) in [6.07, 6.45) is 1.86. The summed E-state index contributed by atoms with van der Waals surface area (Å²) in [5, 5.41) is 4.82. The minimum atomic E-state index is 0.263. The van der Waals surface area contributed by atoms with Crippen LogP contribution in [0.1, 0.15) is 36.6 Å². The average Bonchev–Trinajstić information content (AvgIpc) is 2.65. The first-order valence-corrected chi connectivity index (χ1v) is 9.52. The molecule has 1 N–H and O–H groups in total. The highest BCUT2D eigenvalue weighted by atomic mass is 15.2. The van der Waals surface area contributed by atoms with E-state index in [2.05, 4.69) is 84.5 Å². The van der Waals surface area contributed by atoms with Crippen LogP contribution in [0, 0.1) is 6.92 Å². The van der Waals surface area contributed by atoms with Gasteiger partial charge in [-0.1, -0.05) is 42.0 Å². The standard InChI is InChI=1S/C23H27N3/c1-16-6-4-7-20(12-16)23(26-15-17(2)25-14-18(26)3)21-9-10-22-19(13-21)8-5-11-24-22/h4-13,17-18,23,25H,14-15H2,1-3H3/t17-,18+,23?/m1/s1. The maximum absolute atomic E-state index is 4.48. The number of nitrogens with one attached hydrogen (secondary N) is 1. The molecule has 0 saturated carbocycles. The summed E-state index contributed by atoms with van der Waals surface area (Å²) in [5.74, 6) is 0. The van der Waals surface area contributed by atoms with Crippen molar-refractivity contribution in [2.24, 2.45) is 0 Å². The van der Waals surface area contributed by atoms with Gasteiger partial charge in [0.2, 0.25) is 0 Å². The van der Waals surface area contributed by atoms with Crippen molar-refractivity contribution < 1.29 is 0 Å². The number of aromatic nitrogens is 1. The van der Waals surface area contributed by atoms with Gasteiger partial charge in [0.15, 0.2) is 0 Å². The van der Waals surface area contributed by atoms with Crippen molar-refractivity contribution in [3.8, 4) is 0 Å². The summed E-state index contributed by atoms with van der Waals surface area (Å²) >= 11 is 0. The van der Waals surface area contributed by atoms with Gasteiger partial charge in [-0.2, -0.15) is 0 Å². The molecular weight excluding hydrogens is 318 g/mol. The van der Waals surface area contributed by atoms with E-state index in [1.807, 2.05) is 12.3 Å². The molecule has 0 aliphatic carbocycles. The fourth-order valence-corrected chi connectivity index (χ4v) is 4.09. The number of hydrogen-bond acceptors (Lipinski definition) is 3. The molecule has 2 aromatic carbocycles. The van der Waals surface area contributed by atoms with Gasteiger partial charge >= 0.3 is 0 Å². The highest BCUT2D eigenvalue weighted by Crippen LogP contribution is 2.33. The molecule has 1 aliphatic rings. The molecule has 0 bridgehead atoms. The maximum atomic E-state index is 4.48. The number of benzene rings is 2. The van der Waals surface area contributed by atoms with Crippen LogP contribution in [0.2, 0.25) is 0 Å². The van der Waals surface area contributed by atoms with E-state index in [0.29, 0.717) is 12.1 Å². The third-order valence-electron chi connectivity index (χ3n) is 5.44. The second kappa shape index (κ2) is 7.18. The van der Waals surface area contributed by atoms with Crippen molar-refractivity contribution in [3.63, 3.8) is 0 Å². The Morgan fingerprint density at radius 3 is 2.73 bits per heavy atom. The topological polar surface area (TPSA) is 28.2 Å². The van der Waals surface area contributed by atoms with Crippen LogP contribution in [-0.2, 0) is 0 Å². The zero-order valence-corrected chi connectivity index (χ0v) is 15.8. The summed E-state index contributed by atoms with van der Waals surface area (Å²) in [6, 6.07) is 21.1. The Bertz CT molecular complexity index is 905. The van der Waals surface area contributed by atoms with E-state index in [1.165, 1.54) is 22.1 Å². The lowest BCUT2D eigenvalue weighted by Gasteiger charge is -2.43. The van der Waals surface area contributed by atoms with Crippen LogP contribution < -0.4 is 5.32 Å². The van der Waals surface area contributed by atoms with Crippen LogP contribution in [0.4, 0.5) is 0 Å².